The van der Waals surface area contributed by atoms with Gasteiger partial charge in [0.2, 0.25) is 0 Å². The number of nitrogens with one attached hydrogen (secondary N) is 2. The first-order chi connectivity index (χ1) is 14.2. The number of guanidine groups is 1. The highest BCUT2D eigenvalue weighted by atomic mass is 127. The zero-order chi connectivity index (χ0) is 22.1. The van der Waals surface area contributed by atoms with Crippen molar-refractivity contribution in [2.24, 2.45) is 4.99 Å². The van der Waals surface area contributed by atoms with Crippen molar-refractivity contribution in [3.8, 4) is 0 Å². The molecule has 0 fully saturated rings. The zero-order valence-electron chi connectivity index (χ0n) is 18.4. The van der Waals surface area contributed by atoms with Crippen molar-refractivity contribution in [1.29, 1.82) is 0 Å². The Morgan fingerprint density at radius 2 is 1.65 bits per heavy atom. The number of hydrogen-bond acceptors (Lipinski definition) is 4. The van der Waals surface area contributed by atoms with Crippen LogP contribution in [0.25, 0.3) is 0 Å². The normalized spacial score (nSPS) is 11.4. The standard InChI is InChI=1S/C22H30N4O3S.HI/c1-23-22(25-15-18-8-10-19(11-9-18)16-30(4,28)29)24-13-12-17-6-5-7-20(14-17)21(27)26(2)3;/h5-11,14H,12-13,15-16H2,1-4H3,(H2,23,24,25);1H. The summed E-state index contributed by atoms with van der Waals surface area (Å²) in [5, 5.41) is 6.51. The monoisotopic (exact) mass is 558 g/mol. The van der Waals surface area contributed by atoms with Crippen LogP contribution in [0.15, 0.2) is 53.5 Å². The van der Waals surface area contributed by atoms with Gasteiger partial charge in [0, 0.05) is 46.1 Å². The van der Waals surface area contributed by atoms with E-state index in [0.29, 0.717) is 24.6 Å². The molecule has 0 saturated carbocycles. The summed E-state index contributed by atoms with van der Waals surface area (Å²) >= 11 is 0. The van der Waals surface area contributed by atoms with Gasteiger partial charge in [-0.25, -0.2) is 8.42 Å². The molecule has 0 bridgehead atoms. The van der Waals surface area contributed by atoms with E-state index in [2.05, 4.69) is 15.6 Å². The third-order valence-corrected chi connectivity index (χ3v) is 5.28. The smallest absolute Gasteiger partial charge is 0.253 e. The molecule has 1 amide bonds. The van der Waals surface area contributed by atoms with E-state index in [9.17, 15) is 13.2 Å². The number of carbonyl (C=O) groups is 1. The van der Waals surface area contributed by atoms with E-state index in [1.165, 1.54) is 6.26 Å². The first-order valence-corrected chi connectivity index (χ1v) is 11.7. The molecule has 0 aliphatic rings. The van der Waals surface area contributed by atoms with Gasteiger partial charge in [-0.05, 0) is 35.2 Å². The molecule has 9 heteroatoms. The van der Waals surface area contributed by atoms with E-state index in [-0.39, 0.29) is 35.6 Å². The number of halogens is 1. The van der Waals surface area contributed by atoms with Gasteiger partial charge in [0.1, 0.15) is 0 Å². The molecule has 7 nitrogen and oxygen atoms in total. The van der Waals surface area contributed by atoms with E-state index in [1.54, 1.807) is 26.0 Å². The molecule has 170 valence electrons. The number of sulfone groups is 1. The van der Waals surface area contributed by atoms with Crippen molar-refractivity contribution in [2.45, 2.75) is 18.7 Å². The number of rotatable bonds is 8. The molecule has 0 radical (unpaired) electrons. The molecular formula is C22H31IN4O3S. The number of benzene rings is 2. The summed E-state index contributed by atoms with van der Waals surface area (Å²) < 4.78 is 22.7. The van der Waals surface area contributed by atoms with Crippen molar-refractivity contribution in [1.82, 2.24) is 15.5 Å². The van der Waals surface area contributed by atoms with Crippen molar-refractivity contribution in [3.63, 3.8) is 0 Å². The SMILES string of the molecule is CN=C(NCCc1cccc(C(=O)N(C)C)c1)NCc1ccc(CS(C)(=O)=O)cc1.I. The van der Waals surface area contributed by atoms with Crippen LogP contribution in [-0.4, -0.2) is 59.1 Å². The van der Waals surface area contributed by atoms with Crippen LogP contribution in [0.5, 0.6) is 0 Å². The van der Waals surface area contributed by atoms with Crippen molar-refractivity contribution in [2.75, 3.05) is 33.9 Å². The van der Waals surface area contributed by atoms with Gasteiger partial charge in [0.05, 0.1) is 5.75 Å². The highest BCUT2D eigenvalue weighted by Gasteiger charge is 2.08. The fraction of sp³-hybridized carbons (Fsp3) is 0.364. The minimum atomic E-state index is -3.03. The molecule has 0 saturated heterocycles. The summed E-state index contributed by atoms with van der Waals surface area (Å²) in [5.41, 5.74) is 3.57. The maximum atomic E-state index is 12.1. The van der Waals surface area contributed by atoms with Gasteiger partial charge in [0.25, 0.3) is 5.91 Å². The molecule has 0 heterocycles. The lowest BCUT2D eigenvalue weighted by Gasteiger charge is -2.13. The van der Waals surface area contributed by atoms with Crippen molar-refractivity contribution >= 4 is 45.7 Å². The molecule has 2 rings (SSSR count). The quantitative estimate of drug-likeness (QED) is 0.295. The number of aliphatic imine (C=N–C) groups is 1. The highest BCUT2D eigenvalue weighted by molar-refractivity contribution is 14.0. The molecule has 0 spiro atoms. The Bertz CT molecular complexity index is 990. The summed E-state index contributed by atoms with van der Waals surface area (Å²) in [5.74, 6) is 0.714. The van der Waals surface area contributed by atoms with Crippen LogP contribution in [0.3, 0.4) is 0 Å². The number of nitrogens with zero attached hydrogens (tertiary/aromatic N) is 2. The van der Waals surface area contributed by atoms with Gasteiger partial charge in [-0.15, -0.1) is 24.0 Å². The van der Waals surface area contributed by atoms with Crippen LogP contribution in [0.1, 0.15) is 27.0 Å². The number of amides is 1. The van der Waals surface area contributed by atoms with E-state index < -0.39 is 9.84 Å². The Morgan fingerprint density at radius 1 is 1.00 bits per heavy atom. The Hall–Kier alpha value is -2.14. The number of hydrogen-bond donors (Lipinski definition) is 2. The maximum absolute atomic E-state index is 12.1. The lowest BCUT2D eigenvalue weighted by molar-refractivity contribution is 0.0827. The van der Waals surface area contributed by atoms with Crippen LogP contribution >= 0.6 is 24.0 Å². The summed E-state index contributed by atoms with van der Waals surface area (Å²) in [6.07, 6.45) is 1.99. The zero-order valence-corrected chi connectivity index (χ0v) is 21.5. The summed E-state index contributed by atoms with van der Waals surface area (Å²) in [7, 11) is 2.16. The average molecular weight is 558 g/mol. The Labute approximate surface area is 202 Å². The van der Waals surface area contributed by atoms with Gasteiger partial charge < -0.3 is 15.5 Å². The van der Waals surface area contributed by atoms with Crippen molar-refractivity contribution in [3.05, 3.63) is 70.8 Å². The molecule has 0 aromatic heterocycles. The van der Waals surface area contributed by atoms with Gasteiger partial charge in [-0.1, -0.05) is 36.4 Å². The van der Waals surface area contributed by atoms with Crippen LogP contribution in [0.4, 0.5) is 0 Å². The second-order valence-corrected chi connectivity index (χ2v) is 9.53. The predicted molar refractivity (Wildman–Crippen MR) is 137 cm³/mol. The number of carbonyl (C=O) groups excluding carboxylic acids is 1. The van der Waals surface area contributed by atoms with Gasteiger partial charge >= 0.3 is 0 Å². The third kappa shape index (κ3) is 9.69. The second kappa shape index (κ2) is 12.7. The van der Waals surface area contributed by atoms with Crippen LogP contribution in [0.2, 0.25) is 0 Å². The lowest BCUT2D eigenvalue weighted by Crippen LogP contribution is -2.37. The molecule has 0 aliphatic carbocycles. The molecule has 0 aliphatic heterocycles. The highest BCUT2D eigenvalue weighted by Crippen LogP contribution is 2.09. The molecule has 0 unspecified atom stereocenters. The fourth-order valence-electron chi connectivity index (χ4n) is 2.91. The fourth-order valence-corrected chi connectivity index (χ4v) is 3.70. The largest absolute Gasteiger partial charge is 0.356 e. The van der Waals surface area contributed by atoms with E-state index in [0.717, 1.165) is 23.1 Å². The Balaban J connectivity index is 0.00000480. The lowest BCUT2D eigenvalue weighted by atomic mass is 10.1. The first-order valence-electron chi connectivity index (χ1n) is 9.68. The van der Waals surface area contributed by atoms with E-state index in [4.69, 9.17) is 0 Å². The topological polar surface area (TPSA) is 90.9 Å². The van der Waals surface area contributed by atoms with E-state index >= 15 is 0 Å². The Kier molecular flexibility index (Phi) is 11.0. The van der Waals surface area contributed by atoms with Crippen LogP contribution < -0.4 is 10.6 Å². The maximum Gasteiger partial charge on any atom is 0.253 e. The summed E-state index contributed by atoms with van der Waals surface area (Å²) in [6, 6.07) is 15.1. The minimum Gasteiger partial charge on any atom is -0.356 e. The Morgan fingerprint density at radius 3 is 2.23 bits per heavy atom. The molecule has 2 aromatic carbocycles. The first kappa shape index (κ1) is 26.9. The average Bonchev–Trinajstić information content (AvgIpc) is 2.70. The van der Waals surface area contributed by atoms with Gasteiger partial charge in [-0.3, -0.25) is 9.79 Å². The third-order valence-electron chi connectivity index (χ3n) is 4.42. The minimum absolute atomic E-state index is 0. The van der Waals surface area contributed by atoms with E-state index in [1.807, 2.05) is 48.5 Å². The second-order valence-electron chi connectivity index (χ2n) is 7.39. The van der Waals surface area contributed by atoms with Crippen LogP contribution in [0, 0.1) is 0 Å². The molecule has 2 N–H and O–H groups in total. The molecule has 2 aromatic rings. The predicted octanol–water partition coefficient (Wildman–Crippen LogP) is 2.46. The van der Waals surface area contributed by atoms with Gasteiger partial charge in [-0.2, -0.15) is 0 Å². The summed E-state index contributed by atoms with van der Waals surface area (Å²) in [4.78, 5) is 17.9. The van der Waals surface area contributed by atoms with Crippen LogP contribution in [-0.2, 0) is 28.6 Å². The molecule has 0 atom stereocenters. The van der Waals surface area contributed by atoms with Gasteiger partial charge in [0.15, 0.2) is 15.8 Å². The van der Waals surface area contributed by atoms with Crippen molar-refractivity contribution < 1.29 is 13.2 Å². The summed E-state index contributed by atoms with van der Waals surface area (Å²) in [6.45, 7) is 1.25. The molecule has 31 heavy (non-hydrogen) atoms. The molecular weight excluding hydrogens is 527 g/mol.